The number of hydrogen-bond donors (Lipinski definition) is 7. The third-order valence-electron chi connectivity index (χ3n) is 8.14. The van der Waals surface area contributed by atoms with E-state index in [1.54, 1.807) is 71.0 Å². The van der Waals surface area contributed by atoms with Crippen molar-refractivity contribution in [2.24, 2.45) is 22.8 Å². The smallest absolute Gasteiger partial charge is 0.411 e. The Morgan fingerprint density at radius 1 is 0.885 bits per heavy atom. The Morgan fingerprint density at radius 2 is 1.54 bits per heavy atom. The SMILES string of the molecule is Cc1cc(=O)oc2cc(NC(=O)OCc3ccc(NC(=O)C(CCCNC(N)=O)NC(=O)C(NC(=O)C(C)(C)CC(C)(C)N)C(C)C)cc3)ccc12. The molecule has 0 bridgehead atoms. The van der Waals surface area contributed by atoms with Gasteiger partial charge in [-0.2, -0.15) is 0 Å². The lowest BCUT2D eigenvalue weighted by Gasteiger charge is -2.33. The van der Waals surface area contributed by atoms with Crippen LogP contribution >= 0.6 is 0 Å². The fourth-order valence-corrected chi connectivity index (χ4v) is 5.76. The number of aryl methyl sites for hydroxylation is 1. The van der Waals surface area contributed by atoms with Gasteiger partial charge in [0.05, 0.1) is 0 Å². The topological polar surface area (TPSA) is 237 Å². The Hall–Kier alpha value is -5.44. The number of primary amides is 1. The Bertz CT molecular complexity index is 1810. The van der Waals surface area contributed by atoms with E-state index in [9.17, 15) is 28.8 Å². The van der Waals surface area contributed by atoms with Gasteiger partial charge in [-0.25, -0.2) is 14.4 Å². The Morgan fingerprint density at radius 3 is 2.15 bits per heavy atom. The van der Waals surface area contributed by atoms with Crippen LogP contribution in [-0.2, 0) is 25.7 Å². The molecule has 0 aliphatic rings. The number of benzene rings is 2. The molecule has 3 rings (SSSR count). The lowest BCUT2D eigenvalue weighted by molar-refractivity contribution is -0.136. The van der Waals surface area contributed by atoms with Crippen molar-refractivity contribution in [3.63, 3.8) is 0 Å². The number of fused-ring (bicyclic) bond motifs is 1. The first-order chi connectivity index (χ1) is 24.2. The van der Waals surface area contributed by atoms with Gasteiger partial charge in [-0.3, -0.25) is 19.7 Å². The first-order valence-corrected chi connectivity index (χ1v) is 17.1. The van der Waals surface area contributed by atoms with E-state index in [4.69, 9.17) is 20.6 Å². The second kappa shape index (κ2) is 17.7. The van der Waals surface area contributed by atoms with Gasteiger partial charge < -0.3 is 41.9 Å². The predicted molar refractivity (Wildman–Crippen MR) is 198 cm³/mol. The van der Waals surface area contributed by atoms with Crippen molar-refractivity contribution in [2.45, 2.75) is 92.0 Å². The highest BCUT2D eigenvalue weighted by molar-refractivity contribution is 5.98. The second-order valence-corrected chi connectivity index (χ2v) is 14.6. The number of carbonyl (C=O) groups is 5. The van der Waals surface area contributed by atoms with Crippen molar-refractivity contribution < 1.29 is 33.1 Å². The largest absolute Gasteiger partial charge is 0.444 e. The number of amides is 6. The molecule has 0 aliphatic carbocycles. The van der Waals surface area contributed by atoms with E-state index in [0.29, 0.717) is 35.4 Å². The number of hydrogen-bond acceptors (Lipinski definition) is 9. The molecule has 0 fully saturated rings. The molecule has 2 aromatic carbocycles. The van der Waals surface area contributed by atoms with Gasteiger partial charge in [-0.05, 0) is 81.3 Å². The van der Waals surface area contributed by atoms with E-state index in [-0.39, 0.29) is 31.4 Å². The summed E-state index contributed by atoms with van der Waals surface area (Å²) in [6, 6.07) is 10.2. The molecule has 0 saturated carbocycles. The molecular weight excluding hydrogens is 670 g/mol. The van der Waals surface area contributed by atoms with E-state index in [1.807, 2.05) is 13.8 Å². The molecule has 282 valence electrons. The Balaban J connectivity index is 1.63. The average Bonchev–Trinajstić information content (AvgIpc) is 3.02. The minimum absolute atomic E-state index is 0.0741. The van der Waals surface area contributed by atoms with Crippen molar-refractivity contribution in [3.05, 3.63) is 70.1 Å². The average molecular weight is 722 g/mol. The summed E-state index contributed by atoms with van der Waals surface area (Å²) >= 11 is 0. The van der Waals surface area contributed by atoms with Gasteiger partial charge in [-0.1, -0.05) is 39.8 Å². The van der Waals surface area contributed by atoms with Crippen LogP contribution in [0.2, 0.25) is 0 Å². The maximum absolute atomic E-state index is 13.5. The summed E-state index contributed by atoms with van der Waals surface area (Å²) in [6.07, 6.45) is 0.137. The summed E-state index contributed by atoms with van der Waals surface area (Å²) in [5, 5.41) is 14.2. The molecule has 0 spiro atoms. The van der Waals surface area contributed by atoms with E-state index in [2.05, 4.69) is 26.6 Å². The van der Waals surface area contributed by atoms with Crippen LogP contribution in [0.1, 0.15) is 71.9 Å². The molecule has 0 aliphatic heterocycles. The van der Waals surface area contributed by atoms with Gasteiger partial charge in [0.25, 0.3) is 0 Å². The lowest BCUT2D eigenvalue weighted by atomic mass is 9.79. The zero-order valence-corrected chi connectivity index (χ0v) is 30.8. The Kier molecular flexibility index (Phi) is 13.9. The standard InChI is InChI=1S/C37H51N7O8/c1-21(2)30(44-33(48)36(4,5)20-37(6,7)39)32(47)43-27(9-8-16-40-34(38)49)31(46)41-24-12-10-23(11-13-24)19-51-35(50)42-25-14-15-26-22(3)17-29(45)52-28(26)18-25/h10-15,17-18,21,27,30H,8-9,16,19-20,39H2,1-7H3,(H,41,46)(H,42,50)(H,43,47)(H,44,48)(H3,38,40,49). The molecule has 6 amide bonds. The van der Waals surface area contributed by atoms with Gasteiger partial charge >= 0.3 is 17.7 Å². The molecule has 3 aromatic rings. The monoisotopic (exact) mass is 721 g/mol. The van der Waals surface area contributed by atoms with Crippen LogP contribution in [0.4, 0.5) is 21.0 Å². The molecule has 0 saturated heterocycles. The summed E-state index contributed by atoms with van der Waals surface area (Å²) in [4.78, 5) is 75.5. The number of urea groups is 1. The molecule has 1 aromatic heterocycles. The van der Waals surface area contributed by atoms with Crippen LogP contribution in [0.15, 0.2) is 57.7 Å². The molecule has 15 nitrogen and oxygen atoms in total. The first kappa shape index (κ1) is 41.0. The highest BCUT2D eigenvalue weighted by Crippen LogP contribution is 2.27. The number of nitrogens with two attached hydrogens (primary N) is 2. The number of rotatable bonds is 16. The van der Waals surface area contributed by atoms with Crippen molar-refractivity contribution >= 4 is 52.2 Å². The third kappa shape index (κ3) is 12.7. The summed E-state index contributed by atoms with van der Waals surface area (Å²) in [5.41, 5.74) is 11.9. The van der Waals surface area contributed by atoms with Crippen molar-refractivity contribution in [1.82, 2.24) is 16.0 Å². The molecule has 9 N–H and O–H groups in total. The molecule has 52 heavy (non-hydrogen) atoms. The molecule has 0 radical (unpaired) electrons. The number of carbonyl (C=O) groups excluding carboxylic acids is 5. The minimum atomic E-state index is -1.02. The van der Waals surface area contributed by atoms with Crippen molar-refractivity contribution in [1.29, 1.82) is 0 Å². The van der Waals surface area contributed by atoms with E-state index in [0.717, 1.165) is 10.9 Å². The summed E-state index contributed by atoms with van der Waals surface area (Å²) in [6.45, 7) is 12.6. The van der Waals surface area contributed by atoms with Crippen LogP contribution in [-0.4, -0.2) is 54.0 Å². The fourth-order valence-electron chi connectivity index (χ4n) is 5.76. The van der Waals surface area contributed by atoms with Gasteiger partial charge in [0, 0.05) is 46.4 Å². The highest BCUT2D eigenvalue weighted by Gasteiger charge is 2.36. The van der Waals surface area contributed by atoms with Crippen LogP contribution in [0.5, 0.6) is 0 Å². The third-order valence-corrected chi connectivity index (χ3v) is 8.14. The fraction of sp³-hybridized carbons (Fsp3) is 0.459. The number of ether oxygens (including phenoxy) is 1. The predicted octanol–water partition coefficient (Wildman–Crippen LogP) is 4.02. The van der Waals surface area contributed by atoms with Crippen molar-refractivity contribution in [2.75, 3.05) is 17.2 Å². The number of nitrogens with one attached hydrogen (secondary N) is 5. The molecular formula is C37H51N7O8. The zero-order chi connectivity index (χ0) is 38.8. The van der Waals surface area contributed by atoms with Crippen molar-refractivity contribution in [3.8, 4) is 0 Å². The zero-order valence-electron chi connectivity index (χ0n) is 30.8. The maximum atomic E-state index is 13.5. The highest BCUT2D eigenvalue weighted by atomic mass is 16.5. The number of anilines is 2. The van der Waals surface area contributed by atoms with Gasteiger partial charge in [0.2, 0.25) is 17.7 Å². The Labute approximate surface area is 303 Å². The van der Waals surface area contributed by atoms with Crippen LogP contribution < -0.4 is 43.7 Å². The first-order valence-electron chi connectivity index (χ1n) is 17.1. The van der Waals surface area contributed by atoms with E-state index < -0.39 is 52.6 Å². The maximum Gasteiger partial charge on any atom is 0.411 e. The van der Waals surface area contributed by atoms with E-state index >= 15 is 0 Å². The second-order valence-electron chi connectivity index (χ2n) is 14.6. The molecule has 15 heteroatoms. The van der Waals surface area contributed by atoms with Gasteiger partial charge in [0.1, 0.15) is 24.3 Å². The molecule has 1 heterocycles. The van der Waals surface area contributed by atoms with Gasteiger partial charge in [0.15, 0.2) is 0 Å². The molecule has 2 atom stereocenters. The normalized spacial score (nSPS) is 12.8. The quantitative estimate of drug-likeness (QED) is 0.0834. The summed E-state index contributed by atoms with van der Waals surface area (Å²) in [5.74, 6) is -1.70. The van der Waals surface area contributed by atoms with Gasteiger partial charge in [-0.15, -0.1) is 0 Å². The van der Waals surface area contributed by atoms with E-state index in [1.165, 1.54) is 12.1 Å². The summed E-state index contributed by atoms with van der Waals surface area (Å²) < 4.78 is 10.5. The van der Waals surface area contributed by atoms with Crippen LogP contribution in [0.25, 0.3) is 11.0 Å². The molecule has 2 unspecified atom stereocenters. The van der Waals surface area contributed by atoms with Crippen LogP contribution in [0, 0.1) is 18.3 Å². The van der Waals surface area contributed by atoms with Crippen LogP contribution in [0.3, 0.4) is 0 Å². The lowest BCUT2D eigenvalue weighted by Crippen LogP contribution is -2.57. The minimum Gasteiger partial charge on any atom is -0.444 e. The summed E-state index contributed by atoms with van der Waals surface area (Å²) in [7, 11) is 0.